The number of hydrogen-bond acceptors (Lipinski definition) is 6. The Morgan fingerprint density at radius 1 is 1.20 bits per heavy atom. The van der Waals surface area contributed by atoms with Crippen LogP contribution in [-0.2, 0) is 30.4 Å². The largest absolute Gasteiger partial charge is 0.497 e. The van der Waals surface area contributed by atoms with Gasteiger partial charge in [0.05, 0.1) is 26.9 Å². The third kappa shape index (κ3) is 8.22. The summed E-state index contributed by atoms with van der Waals surface area (Å²) >= 11 is 0. The van der Waals surface area contributed by atoms with Gasteiger partial charge >= 0.3 is 6.21 Å². The molecule has 1 saturated heterocycles. The molecule has 2 rings (SSSR count). The Bertz CT molecular complexity index is 918. The summed E-state index contributed by atoms with van der Waals surface area (Å²) in [6.45, 7) is 11.2. The van der Waals surface area contributed by atoms with Gasteiger partial charge in [-0.25, -0.2) is 0 Å². The second-order valence-corrected chi connectivity index (χ2v) is 9.18. The summed E-state index contributed by atoms with van der Waals surface area (Å²) in [5, 5.41) is 0. The van der Waals surface area contributed by atoms with E-state index in [0.29, 0.717) is 45.5 Å². The highest BCUT2D eigenvalue weighted by atomic mass is 16.8. The molecule has 192 valence electrons. The first-order valence-corrected chi connectivity index (χ1v) is 12.1. The van der Waals surface area contributed by atoms with Crippen molar-refractivity contribution in [2.75, 3.05) is 20.3 Å². The third-order valence-electron chi connectivity index (χ3n) is 6.58. The van der Waals surface area contributed by atoms with Crippen LogP contribution in [0.5, 0.6) is 5.75 Å². The van der Waals surface area contributed by atoms with E-state index in [1.54, 1.807) is 7.11 Å². The van der Waals surface area contributed by atoms with Crippen molar-refractivity contribution in [3.8, 4) is 5.75 Å². The molecule has 0 aromatic heterocycles. The summed E-state index contributed by atoms with van der Waals surface area (Å²) in [7, 11) is 1.63. The van der Waals surface area contributed by atoms with Gasteiger partial charge in [0.2, 0.25) is 5.78 Å². The summed E-state index contributed by atoms with van der Waals surface area (Å²) < 4.78 is 23.4. The standard InChI is InChI=1S/C27H38N2O6/c1-6-27(7-2)34-19-26(4,35-27)24(25(31)15-11-22(30)16-29-28)14-8-20(3)17-33-18-21-9-12-23(32-5)13-10-21/h9-10,12-13,16,24H,3,6-8,11,14-15,17-19H2,1-2,4-5H3/t24-,26-/m1/s1. The Balaban J connectivity index is 1.99. The number of carbonyl (C=O) groups excluding carboxylic acids is 2. The van der Waals surface area contributed by atoms with Crippen molar-refractivity contribution in [1.82, 2.24) is 0 Å². The Kier molecular flexibility index (Phi) is 11.0. The molecule has 0 aliphatic carbocycles. The lowest BCUT2D eigenvalue weighted by molar-refractivity contribution is -0.197. The molecule has 0 spiro atoms. The van der Waals surface area contributed by atoms with Crippen molar-refractivity contribution in [2.24, 2.45) is 5.92 Å². The third-order valence-corrected chi connectivity index (χ3v) is 6.58. The van der Waals surface area contributed by atoms with Crippen molar-refractivity contribution >= 4 is 17.8 Å². The van der Waals surface area contributed by atoms with Crippen LogP contribution < -0.4 is 4.74 Å². The van der Waals surface area contributed by atoms with Crippen LogP contribution in [-0.4, -0.2) is 54.3 Å². The number of carbonyl (C=O) groups is 2. The first kappa shape index (κ1) is 28.6. The monoisotopic (exact) mass is 486 g/mol. The molecule has 35 heavy (non-hydrogen) atoms. The zero-order chi connectivity index (χ0) is 25.9. The highest BCUT2D eigenvalue weighted by Gasteiger charge is 2.51. The Hall–Kier alpha value is -2.64. The minimum atomic E-state index is -0.804. The van der Waals surface area contributed by atoms with Crippen LogP contribution in [0, 0.1) is 5.92 Å². The van der Waals surface area contributed by atoms with Crippen LogP contribution >= 0.6 is 0 Å². The molecule has 1 heterocycles. The molecular weight excluding hydrogens is 448 g/mol. The van der Waals surface area contributed by atoms with E-state index in [0.717, 1.165) is 23.1 Å². The molecule has 1 aliphatic rings. The molecule has 1 aromatic carbocycles. The fourth-order valence-corrected chi connectivity index (χ4v) is 4.34. The van der Waals surface area contributed by atoms with E-state index >= 15 is 0 Å². The molecule has 1 fully saturated rings. The maximum atomic E-state index is 13.2. The Morgan fingerprint density at radius 2 is 1.89 bits per heavy atom. The maximum Gasteiger partial charge on any atom is 0.323 e. The molecule has 0 bridgehead atoms. The van der Waals surface area contributed by atoms with Gasteiger partial charge in [-0.05, 0) is 50.3 Å². The zero-order valence-electron chi connectivity index (χ0n) is 21.4. The van der Waals surface area contributed by atoms with Crippen LogP contribution in [0.3, 0.4) is 0 Å². The van der Waals surface area contributed by atoms with Crippen LogP contribution in [0.4, 0.5) is 0 Å². The van der Waals surface area contributed by atoms with E-state index < -0.39 is 23.1 Å². The van der Waals surface area contributed by atoms with Gasteiger partial charge in [0.1, 0.15) is 17.1 Å². The normalized spacial score (nSPS) is 19.5. The molecule has 0 radical (unpaired) electrons. The fraction of sp³-hybridized carbons (Fsp3) is 0.593. The summed E-state index contributed by atoms with van der Waals surface area (Å²) in [4.78, 5) is 27.7. The lowest BCUT2D eigenvalue weighted by Crippen LogP contribution is -2.44. The second-order valence-electron chi connectivity index (χ2n) is 9.18. The summed E-state index contributed by atoms with van der Waals surface area (Å²) in [5.74, 6) is -0.863. The van der Waals surface area contributed by atoms with Gasteiger partial charge in [0.15, 0.2) is 5.79 Å². The predicted molar refractivity (Wildman–Crippen MR) is 132 cm³/mol. The minimum Gasteiger partial charge on any atom is -0.497 e. The number of rotatable bonds is 16. The summed E-state index contributed by atoms with van der Waals surface area (Å²) in [6.07, 6.45) is 3.29. The molecule has 0 N–H and O–H groups in total. The van der Waals surface area contributed by atoms with Gasteiger partial charge in [-0.1, -0.05) is 38.1 Å². The average molecular weight is 487 g/mol. The van der Waals surface area contributed by atoms with Gasteiger partial charge in [-0.2, -0.15) is 4.79 Å². The number of nitrogens with zero attached hydrogens (tertiary/aromatic N) is 2. The highest BCUT2D eigenvalue weighted by molar-refractivity contribution is 6.25. The predicted octanol–water partition coefficient (Wildman–Crippen LogP) is 4.71. The molecule has 0 unspecified atom stereocenters. The average Bonchev–Trinajstić information content (AvgIpc) is 3.21. The van der Waals surface area contributed by atoms with Crippen LogP contribution in [0.1, 0.15) is 64.9 Å². The van der Waals surface area contributed by atoms with Crippen molar-refractivity contribution in [1.29, 1.82) is 0 Å². The maximum absolute atomic E-state index is 13.2. The number of hydrogen-bond donors (Lipinski definition) is 0. The number of ketones is 2. The molecular formula is C27H38N2O6. The quantitative estimate of drug-likeness (QED) is 0.145. The van der Waals surface area contributed by atoms with Gasteiger partial charge in [0, 0.05) is 18.8 Å². The van der Waals surface area contributed by atoms with Gasteiger partial charge in [0.25, 0.3) is 0 Å². The summed E-state index contributed by atoms with van der Waals surface area (Å²) in [6, 6.07) is 7.67. The lowest BCUT2D eigenvalue weighted by atomic mass is 9.80. The number of ether oxygens (including phenoxy) is 4. The first-order chi connectivity index (χ1) is 16.7. The van der Waals surface area contributed by atoms with E-state index in [1.165, 1.54) is 0 Å². The Morgan fingerprint density at radius 3 is 2.46 bits per heavy atom. The summed E-state index contributed by atoms with van der Waals surface area (Å²) in [5.41, 5.74) is 9.65. The van der Waals surface area contributed by atoms with E-state index in [2.05, 4.69) is 11.4 Å². The van der Waals surface area contributed by atoms with Gasteiger partial charge in [-0.15, -0.1) is 0 Å². The molecule has 8 heteroatoms. The number of Topliss-reactive ketones (excluding diaryl/α,β-unsaturated/α-hetero) is 2. The Labute approximate surface area is 208 Å². The van der Waals surface area contributed by atoms with Gasteiger partial charge < -0.3 is 24.5 Å². The molecule has 1 aliphatic heterocycles. The van der Waals surface area contributed by atoms with E-state index in [4.69, 9.17) is 24.5 Å². The van der Waals surface area contributed by atoms with Crippen LogP contribution in [0.15, 0.2) is 36.4 Å². The molecule has 0 saturated carbocycles. The lowest BCUT2D eigenvalue weighted by Gasteiger charge is -2.34. The topological polar surface area (TPSA) is 107 Å². The van der Waals surface area contributed by atoms with Crippen molar-refractivity contribution < 1.29 is 33.3 Å². The van der Waals surface area contributed by atoms with Crippen molar-refractivity contribution in [3.63, 3.8) is 0 Å². The van der Waals surface area contributed by atoms with Crippen LogP contribution in [0.25, 0.3) is 5.53 Å². The zero-order valence-corrected chi connectivity index (χ0v) is 21.4. The van der Waals surface area contributed by atoms with Crippen molar-refractivity contribution in [3.05, 3.63) is 47.5 Å². The molecule has 8 nitrogen and oxygen atoms in total. The molecule has 2 atom stereocenters. The van der Waals surface area contributed by atoms with Crippen LogP contribution in [0.2, 0.25) is 0 Å². The SMILES string of the molecule is C=C(CC[C@H](C(=O)CCC(=O)C=[N+]=[N-])[C@@]1(C)COC(CC)(CC)O1)COCc1ccc(OC)cc1. The first-order valence-electron chi connectivity index (χ1n) is 12.1. The molecule has 1 aromatic rings. The van der Waals surface area contributed by atoms with E-state index in [-0.39, 0.29) is 18.6 Å². The van der Waals surface area contributed by atoms with Gasteiger partial charge in [-0.3, -0.25) is 9.59 Å². The smallest absolute Gasteiger partial charge is 0.323 e. The van der Waals surface area contributed by atoms with Crippen molar-refractivity contribution in [2.45, 2.75) is 77.3 Å². The second kappa shape index (κ2) is 13.4. The fourth-order valence-electron chi connectivity index (χ4n) is 4.34. The highest BCUT2D eigenvalue weighted by Crippen LogP contribution is 2.42. The van der Waals surface area contributed by atoms with E-state index in [1.807, 2.05) is 45.0 Å². The minimum absolute atomic E-state index is 0.0189. The molecule has 0 amide bonds. The number of benzene rings is 1. The number of methoxy groups -OCH3 is 1. The van der Waals surface area contributed by atoms with E-state index in [9.17, 15) is 9.59 Å².